The van der Waals surface area contributed by atoms with Gasteiger partial charge in [0.25, 0.3) is 0 Å². The molecule has 3 saturated carbocycles. The third-order valence-corrected chi connectivity index (χ3v) is 16.9. The summed E-state index contributed by atoms with van der Waals surface area (Å²) in [6, 6.07) is 6.22. The number of benzene rings is 1. The zero-order valence-corrected chi connectivity index (χ0v) is 37.9. The van der Waals surface area contributed by atoms with E-state index in [1.807, 2.05) is 13.8 Å². The van der Waals surface area contributed by atoms with E-state index in [0.717, 1.165) is 37.7 Å². The van der Waals surface area contributed by atoms with Gasteiger partial charge in [-0.2, -0.15) is 0 Å². The van der Waals surface area contributed by atoms with Gasteiger partial charge in [-0.25, -0.2) is 4.79 Å². The van der Waals surface area contributed by atoms with Crippen LogP contribution in [0.4, 0.5) is 0 Å². The van der Waals surface area contributed by atoms with Crippen LogP contribution in [0.5, 0.6) is 5.75 Å². The molecule has 16 heteroatoms. The van der Waals surface area contributed by atoms with Crippen molar-refractivity contribution in [1.82, 2.24) is 0 Å². The maximum atomic E-state index is 13.0. The monoisotopic (exact) mass is 900 g/mol. The standard InChI is InChI=1S/C48H68O16/c1-22(2)18-31-42(55)60-32-20-30-28-13-10-25-19-27(14-16-46(25,4)29(28)15-17-48(30)40(32)47(31,5)64-45(48)57-7)59-44-39(35(51)34(50)33(21-49)61-44)63-43-37(53)36(52)38(23(3)58-43)62-41(54)24-8-11-26(56-6)12-9-24/h8-12,18,23,27-40,42-45,49-53,55H,13-17,19-21H2,1-7H3/t23-,27-,28+,29-,30-,31-,32-,33+,34+,35-,36-,37+,38-,39+,40+,42+,43-,44+,45+,46-,47-,48-/m0/s1. The molecule has 0 unspecified atom stereocenters. The van der Waals surface area contributed by atoms with Crippen molar-refractivity contribution in [2.45, 2.75) is 171 Å². The van der Waals surface area contributed by atoms with E-state index < -0.39 is 92.2 Å². The molecular weight excluding hydrogens is 833 g/mol. The maximum Gasteiger partial charge on any atom is 0.338 e. The van der Waals surface area contributed by atoms with Gasteiger partial charge in [0.2, 0.25) is 0 Å². The molecule has 1 aromatic carbocycles. The van der Waals surface area contributed by atoms with Gasteiger partial charge >= 0.3 is 5.97 Å². The van der Waals surface area contributed by atoms with E-state index in [1.165, 1.54) is 24.8 Å². The first-order valence-electron chi connectivity index (χ1n) is 23.2. The highest BCUT2D eigenvalue weighted by Crippen LogP contribution is 2.74. The average molecular weight is 901 g/mol. The van der Waals surface area contributed by atoms with Crippen molar-refractivity contribution in [2.24, 2.45) is 40.4 Å². The summed E-state index contributed by atoms with van der Waals surface area (Å²) in [5, 5.41) is 66.3. The van der Waals surface area contributed by atoms with E-state index in [9.17, 15) is 35.4 Å². The third kappa shape index (κ3) is 7.42. The van der Waals surface area contributed by atoms with E-state index in [1.54, 1.807) is 26.2 Å². The van der Waals surface area contributed by atoms with Crippen LogP contribution >= 0.6 is 0 Å². The van der Waals surface area contributed by atoms with E-state index in [-0.39, 0.29) is 46.4 Å². The van der Waals surface area contributed by atoms with Gasteiger partial charge in [-0.1, -0.05) is 30.2 Å². The second-order valence-corrected chi connectivity index (χ2v) is 20.4. The molecule has 7 fully saturated rings. The number of hydrogen-bond acceptors (Lipinski definition) is 16. The number of fused-ring (bicyclic) bond motifs is 4. The maximum absolute atomic E-state index is 13.0. The van der Waals surface area contributed by atoms with E-state index in [2.05, 4.69) is 26.0 Å². The summed E-state index contributed by atoms with van der Waals surface area (Å²) in [4.78, 5) is 13.0. The van der Waals surface area contributed by atoms with E-state index in [0.29, 0.717) is 30.4 Å². The number of aliphatic hydroxyl groups excluding tert-OH is 6. The minimum absolute atomic E-state index is 0.0835. The molecule has 0 amide bonds. The molecule has 356 valence electrons. The van der Waals surface area contributed by atoms with Crippen LogP contribution < -0.4 is 4.74 Å². The van der Waals surface area contributed by atoms with Crippen LogP contribution in [0, 0.1) is 40.4 Å². The van der Waals surface area contributed by atoms with Crippen molar-refractivity contribution in [3.8, 4) is 5.75 Å². The highest BCUT2D eigenvalue weighted by atomic mass is 16.8. The van der Waals surface area contributed by atoms with E-state index >= 15 is 0 Å². The lowest BCUT2D eigenvalue weighted by Crippen LogP contribution is -2.64. The summed E-state index contributed by atoms with van der Waals surface area (Å²) in [6.07, 6.45) is -5.87. The predicted octanol–water partition coefficient (Wildman–Crippen LogP) is 3.13. The van der Waals surface area contributed by atoms with Crippen LogP contribution in [0.3, 0.4) is 0 Å². The molecule has 8 aliphatic rings. The SMILES string of the molecule is COc1ccc(C(=O)O[C@@H]2[C@@H](O)[C@@H](O)[C@H](O[C@H]3[C@H](O[C@H]4CC[C@@]5(C)C(=CC[C@H]6[C@@H]7C[C@@H]8O[C@@H](O)[C@H](C=C(C)C)[C@]9(C)O[C@@H](OC)[C@]7(CC[C@@H]65)[C@H]89)C4)O[C@H](CO)[C@@H](O)[C@@H]3O)O[C@H]2C)cc1. The van der Waals surface area contributed by atoms with Gasteiger partial charge in [0.15, 0.2) is 31.3 Å². The Balaban J connectivity index is 0.895. The van der Waals surface area contributed by atoms with Crippen molar-refractivity contribution in [3.05, 3.63) is 53.1 Å². The van der Waals surface area contributed by atoms with Crippen molar-refractivity contribution < 1.29 is 78.1 Å². The molecule has 6 N–H and O–H groups in total. The minimum Gasteiger partial charge on any atom is -0.497 e. The molecule has 4 heterocycles. The molecule has 4 aliphatic carbocycles. The van der Waals surface area contributed by atoms with Crippen LogP contribution in [0.2, 0.25) is 0 Å². The summed E-state index contributed by atoms with van der Waals surface area (Å²) < 4.78 is 55.2. The topological polar surface area (TPSA) is 222 Å². The normalized spacial score (nSPS) is 49.4. The molecule has 0 bridgehead atoms. The largest absolute Gasteiger partial charge is 0.497 e. The molecule has 0 aromatic heterocycles. The van der Waals surface area contributed by atoms with Gasteiger partial charge in [0.1, 0.15) is 42.4 Å². The van der Waals surface area contributed by atoms with Gasteiger partial charge in [0.05, 0.1) is 49.1 Å². The Hall–Kier alpha value is -2.55. The van der Waals surface area contributed by atoms with Crippen LogP contribution in [-0.4, -0.2) is 149 Å². The third-order valence-electron chi connectivity index (χ3n) is 16.9. The molecule has 64 heavy (non-hydrogen) atoms. The summed E-state index contributed by atoms with van der Waals surface area (Å²) in [5.74, 6) is 0.612. The number of rotatable bonds is 10. The summed E-state index contributed by atoms with van der Waals surface area (Å²) in [5.41, 5.74) is 1.63. The first-order valence-corrected chi connectivity index (χ1v) is 23.2. The fourth-order valence-corrected chi connectivity index (χ4v) is 13.9. The smallest absolute Gasteiger partial charge is 0.338 e. The lowest BCUT2D eigenvalue weighted by atomic mass is 9.46. The first kappa shape index (κ1) is 46.6. The van der Waals surface area contributed by atoms with Gasteiger partial charge in [0, 0.05) is 18.4 Å². The second kappa shape index (κ2) is 17.5. The molecule has 22 atom stereocenters. The van der Waals surface area contributed by atoms with Crippen LogP contribution in [0.25, 0.3) is 0 Å². The molecule has 0 radical (unpaired) electrons. The lowest BCUT2D eigenvalue weighted by Gasteiger charge is -2.58. The predicted molar refractivity (Wildman–Crippen MR) is 225 cm³/mol. The number of methoxy groups -OCH3 is 2. The van der Waals surface area contributed by atoms with Crippen molar-refractivity contribution in [2.75, 3.05) is 20.8 Å². The highest BCUT2D eigenvalue weighted by Gasteiger charge is 2.77. The van der Waals surface area contributed by atoms with Crippen molar-refractivity contribution in [1.29, 1.82) is 0 Å². The minimum atomic E-state index is -1.74. The van der Waals surface area contributed by atoms with Crippen LogP contribution in [0.15, 0.2) is 47.6 Å². The molecular formula is C48H68O16. The highest BCUT2D eigenvalue weighted by molar-refractivity contribution is 5.89. The number of allylic oxidation sites excluding steroid dienone is 2. The Labute approximate surface area is 374 Å². The van der Waals surface area contributed by atoms with E-state index in [4.69, 9.17) is 42.6 Å². The fraction of sp³-hybridized carbons (Fsp3) is 0.771. The second-order valence-electron chi connectivity index (χ2n) is 20.4. The molecule has 16 nitrogen and oxygen atoms in total. The molecule has 1 spiro atoms. The Morgan fingerprint density at radius 1 is 0.875 bits per heavy atom. The Kier molecular flexibility index (Phi) is 12.7. The molecule has 9 rings (SSSR count). The average Bonchev–Trinajstić information content (AvgIpc) is 3.76. The Morgan fingerprint density at radius 2 is 1.61 bits per heavy atom. The number of carbonyl (C=O) groups excluding carboxylic acids is 1. The van der Waals surface area contributed by atoms with Crippen molar-refractivity contribution in [3.63, 3.8) is 0 Å². The van der Waals surface area contributed by atoms with Crippen LogP contribution in [0.1, 0.15) is 89.9 Å². The first-order chi connectivity index (χ1) is 30.5. The Morgan fingerprint density at radius 3 is 2.30 bits per heavy atom. The number of esters is 1. The molecule has 1 aromatic rings. The number of aliphatic hydroxyl groups is 6. The molecule has 4 saturated heterocycles. The summed E-state index contributed by atoms with van der Waals surface area (Å²) in [6.45, 7) is 9.56. The molecule has 4 aliphatic heterocycles. The van der Waals surface area contributed by atoms with Gasteiger partial charge in [-0.3, -0.25) is 0 Å². The number of ether oxygens (including phenoxy) is 9. The number of carbonyl (C=O) groups is 1. The lowest BCUT2D eigenvalue weighted by molar-refractivity contribution is -0.369. The zero-order chi connectivity index (χ0) is 45.6. The van der Waals surface area contributed by atoms with Crippen LogP contribution in [-0.2, 0) is 37.9 Å². The fourth-order valence-electron chi connectivity index (χ4n) is 13.9. The zero-order valence-electron chi connectivity index (χ0n) is 37.9. The Bertz CT molecular complexity index is 1920. The quantitative estimate of drug-likeness (QED) is 0.147. The van der Waals surface area contributed by atoms with Crippen molar-refractivity contribution >= 4 is 5.97 Å². The van der Waals surface area contributed by atoms with Gasteiger partial charge in [-0.05, 0) is 120 Å². The summed E-state index contributed by atoms with van der Waals surface area (Å²) in [7, 11) is 3.25. The summed E-state index contributed by atoms with van der Waals surface area (Å²) >= 11 is 0. The van der Waals surface area contributed by atoms with Gasteiger partial charge < -0.3 is 73.3 Å². The van der Waals surface area contributed by atoms with Gasteiger partial charge in [-0.15, -0.1) is 0 Å². The number of hydrogen-bond donors (Lipinski definition) is 6.